The van der Waals surface area contributed by atoms with E-state index in [0.29, 0.717) is 5.75 Å². The van der Waals surface area contributed by atoms with Gasteiger partial charge < -0.3 is 9.47 Å². The average Bonchev–Trinajstić information content (AvgIpc) is 2.58. The van der Waals surface area contributed by atoms with Gasteiger partial charge in [-0.05, 0) is 49.6 Å². The van der Waals surface area contributed by atoms with Crippen LogP contribution in [0, 0.1) is 20.8 Å². The van der Waals surface area contributed by atoms with Gasteiger partial charge in [0.05, 0.1) is 13.3 Å². The van der Waals surface area contributed by atoms with Crippen molar-refractivity contribution in [2.24, 2.45) is 5.10 Å². The Labute approximate surface area is 142 Å². The molecule has 5 nitrogen and oxygen atoms in total. The minimum Gasteiger partial charge on any atom is -0.496 e. The smallest absolute Gasteiger partial charge is 0.277 e. The highest BCUT2D eigenvalue weighted by molar-refractivity contribution is 5.85. The van der Waals surface area contributed by atoms with Gasteiger partial charge >= 0.3 is 0 Å². The summed E-state index contributed by atoms with van der Waals surface area (Å²) in [6.45, 7) is 5.86. The minimum atomic E-state index is -0.318. The van der Waals surface area contributed by atoms with Gasteiger partial charge in [0.2, 0.25) is 0 Å². The molecule has 0 heterocycles. The Bertz CT molecular complexity index is 754. The number of amides is 1. The van der Waals surface area contributed by atoms with Gasteiger partial charge in [-0.15, -0.1) is 0 Å². The standard InChI is InChI=1S/C19H22N2O3/c1-13-9-10-14(2)19(15(13)3)24-12-18(22)21-20-11-16-7-5-6-8-17(16)23-4/h5-11H,12H2,1-4H3,(H,21,22). The topological polar surface area (TPSA) is 59.9 Å². The lowest BCUT2D eigenvalue weighted by Crippen LogP contribution is -2.25. The number of methoxy groups -OCH3 is 1. The second-order valence-electron chi connectivity index (χ2n) is 5.48. The van der Waals surface area contributed by atoms with Crippen LogP contribution in [-0.4, -0.2) is 25.8 Å². The number of hydrogen-bond donors (Lipinski definition) is 1. The van der Waals surface area contributed by atoms with E-state index in [9.17, 15) is 4.79 Å². The van der Waals surface area contributed by atoms with Crippen LogP contribution in [0.15, 0.2) is 41.5 Å². The van der Waals surface area contributed by atoms with Crippen LogP contribution in [0.4, 0.5) is 0 Å². The molecule has 2 aromatic rings. The summed E-state index contributed by atoms with van der Waals surface area (Å²) >= 11 is 0. The number of benzene rings is 2. The third-order valence-electron chi connectivity index (χ3n) is 3.75. The fourth-order valence-corrected chi connectivity index (χ4v) is 2.26. The highest BCUT2D eigenvalue weighted by atomic mass is 16.5. The van der Waals surface area contributed by atoms with Crippen LogP contribution in [0.1, 0.15) is 22.3 Å². The summed E-state index contributed by atoms with van der Waals surface area (Å²) in [5, 5.41) is 3.94. The highest BCUT2D eigenvalue weighted by Gasteiger charge is 2.08. The first kappa shape index (κ1) is 17.5. The normalized spacial score (nSPS) is 10.7. The summed E-state index contributed by atoms with van der Waals surface area (Å²) in [7, 11) is 1.59. The molecule has 0 saturated heterocycles. The summed E-state index contributed by atoms with van der Waals surface area (Å²) in [5.74, 6) is 1.12. The van der Waals surface area contributed by atoms with E-state index in [0.717, 1.165) is 28.0 Å². The molecule has 0 atom stereocenters. The quantitative estimate of drug-likeness (QED) is 0.655. The molecule has 1 amide bonds. The first-order valence-electron chi connectivity index (χ1n) is 7.67. The van der Waals surface area contributed by atoms with Crippen molar-refractivity contribution in [2.45, 2.75) is 20.8 Å². The predicted octanol–water partition coefficient (Wildman–Crippen LogP) is 3.15. The molecule has 0 aliphatic heterocycles. The van der Waals surface area contributed by atoms with Crippen LogP contribution < -0.4 is 14.9 Å². The summed E-state index contributed by atoms with van der Waals surface area (Å²) in [5.41, 5.74) is 6.42. The van der Waals surface area contributed by atoms with Crippen LogP contribution in [0.5, 0.6) is 11.5 Å². The molecule has 0 spiro atoms. The molecule has 0 radical (unpaired) electrons. The van der Waals surface area contributed by atoms with Crippen molar-refractivity contribution in [2.75, 3.05) is 13.7 Å². The van der Waals surface area contributed by atoms with E-state index < -0.39 is 0 Å². The number of rotatable bonds is 6. The fourth-order valence-electron chi connectivity index (χ4n) is 2.26. The lowest BCUT2D eigenvalue weighted by molar-refractivity contribution is -0.123. The van der Waals surface area contributed by atoms with E-state index in [1.165, 1.54) is 0 Å². The minimum absolute atomic E-state index is 0.0889. The predicted molar refractivity (Wildman–Crippen MR) is 94.9 cm³/mol. The average molecular weight is 326 g/mol. The third-order valence-corrected chi connectivity index (χ3v) is 3.75. The molecule has 0 bridgehead atoms. The third kappa shape index (κ3) is 4.35. The molecule has 5 heteroatoms. The zero-order valence-electron chi connectivity index (χ0n) is 14.4. The van der Waals surface area contributed by atoms with Crippen LogP contribution in [0.25, 0.3) is 0 Å². The molecular weight excluding hydrogens is 304 g/mol. The van der Waals surface area contributed by atoms with E-state index >= 15 is 0 Å². The second kappa shape index (κ2) is 8.15. The van der Waals surface area contributed by atoms with Crippen molar-refractivity contribution in [1.29, 1.82) is 0 Å². The van der Waals surface area contributed by atoms with Gasteiger partial charge in [-0.2, -0.15) is 5.10 Å². The number of nitrogens with zero attached hydrogens (tertiary/aromatic N) is 1. The number of hydrazone groups is 1. The molecule has 2 aromatic carbocycles. The number of hydrogen-bond acceptors (Lipinski definition) is 4. The lowest BCUT2D eigenvalue weighted by Gasteiger charge is -2.13. The molecule has 126 valence electrons. The zero-order chi connectivity index (χ0) is 17.5. The Morgan fingerprint density at radius 3 is 2.58 bits per heavy atom. The largest absolute Gasteiger partial charge is 0.496 e. The van der Waals surface area contributed by atoms with E-state index in [1.54, 1.807) is 13.3 Å². The first-order valence-corrected chi connectivity index (χ1v) is 7.67. The molecule has 2 rings (SSSR count). The SMILES string of the molecule is COc1ccccc1C=NNC(=O)COc1c(C)ccc(C)c1C. The number of para-hydroxylation sites is 1. The summed E-state index contributed by atoms with van der Waals surface area (Å²) < 4.78 is 10.9. The number of carbonyl (C=O) groups is 1. The van der Waals surface area contributed by atoms with Crippen molar-refractivity contribution < 1.29 is 14.3 Å². The molecule has 0 unspecified atom stereocenters. The maximum atomic E-state index is 11.9. The molecule has 1 N–H and O–H groups in total. The van der Waals surface area contributed by atoms with Crippen LogP contribution in [-0.2, 0) is 4.79 Å². The van der Waals surface area contributed by atoms with Crippen molar-refractivity contribution >= 4 is 12.1 Å². The van der Waals surface area contributed by atoms with Gasteiger partial charge in [-0.3, -0.25) is 4.79 Å². The summed E-state index contributed by atoms with van der Waals surface area (Å²) in [4.78, 5) is 11.9. The van der Waals surface area contributed by atoms with Crippen LogP contribution in [0.2, 0.25) is 0 Å². The number of ether oxygens (including phenoxy) is 2. The van der Waals surface area contributed by atoms with Crippen LogP contribution >= 0.6 is 0 Å². The van der Waals surface area contributed by atoms with E-state index in [1.807, 2.05) is 57.2 Å². The van der Waals surface area contributed by atoms with Gasteiger partial charge in [0.15, 0.2) is 6.61 Å². The Kier molecular flexibility index (Phi) is 5.95. The Balaban J connectivity index is 1.93. The molecule has 0 saturated carbocycles. The second-order valence-corrected chi connectivity index (χ2v) is 5.48. The molecule has 0 aliphatic rings. The molecule has 24 heavy (non-hydrogen) atoms. The molecule has 0 aliphatic carbocycles. The molecular formula is C19H22N2O3. The van der Waals surface area contributed by atoms with E-state index in [4.69, 9.17) is 9.47 Å². The Hall–Kier alpha value is -2.82. The van der Waals surface area contributed by atoms with Gasteiger partial charge in [-0.1, -0.05) is 24.3 Å². The summed E-state index contributed by atoms with van der Waals surface area (Å²) in [6.07, 6.45) is 1.54. The monoisotopic (exact) mass is 326 g/mol. The maximum absolute atomic E-state index is 11.9. The van der Waals surface area contributed by atoms with Gasteiger partial charge in [0.1, 0.15) is 11.5 Å². The lowest BCUT2D eigenvalue weighted by atomic mass is 10.1. The van der Waals surface area contributed by atoms with Gasteiger partial charge in [-0.25, -0.2) is 5.43 Å². The van der Waals surface area contributed by atoms with Gasteiger partial charge in [0.25, 0.3) is 5.91 Å². The number of aryl methyl sites for hydroxylation is 2. The Morgan fingerprint density at radius 2 is 1.83 bits per heavy atom. The van der Waals surface area contributed by atoms with Crippen LogP contribution in [0.3, 0.4) is 0 Å². The molecule has 0 aromatic heterocycles. The first-order chi connectivity index (χ1) is 11.5. The van der Waals surface area contributed by atoms with Crippen molar-refractivity contribution in [3.05, 3.63) is 58.7 Å². The number of carbonyl (C=O) groups excluding carboxylic acids is 1. The fraction of sp³-hybridized carbons (Fsp3) is 0.263. The van der Waals surface area contributed by atoms with E-state index in [-0.39, 0.29) is 12.5 Å². The van der Waals surface area contributed by atoms with Crippen molar-refractivity contribution in [1.82, 2.24) is 5.43 Å². The summed E-state index contributed by atoms with van der Waals surface area (Å²) in [6, 6.07) is 11.4. The highest BCUT2D eigenvalue weighted by Crippen LogP contribution is 2.25. The van der Waals surface area contributed by atoms with Gasteiger partial charge in [0, 0.05) is 5.56 Å². The molecule has 0 fully saturated rings. The number of nitrogens with one attached hydrogen (secondary N) is 1. The zero-order valence-corrected chi connectivity index (χ0v) is 14.4. The van der Waals surface area contributed by atoms with Crippen molar-refractivity contribution in [3.8, 4) is 11.5 Å². The maximum Gasteiger partial charge on any atom is 0.277 e. The van der Waals surface area contributed by atoms with E-state index in [2.05, 4.69) is 10.5 Å². The van der Waals surface area contributed by atoms with Crippen molar-refractivity contribution in [3.63, 3.8) is 0 Å². The Morgan fingerprint density at radius 1 is 1.12 bits per heavy atom.